The van der Waals surface area contributed by atoms with E-state index in [1.54, 1.807) is 0 Å². The van der Waals surface area contributed by atoms with Crippen molar-refractivity contribution < 1.29 is 0 Å². The first kappa shape index (κ1) is 13.3. The zero-order valence-corrected chi connectivity index (χ0v) is 12.4. The maximum Gasteiger partial charge on any atom is 0.162 e. The molecule has 2 nitrogen and oxygen atoms in total. The average Bonchev–Trinajstić information content (AvgIpc) is 2.46. The van der Waals surface area contributed by atoms with Crippen LogP contribution < -0.4 is 0 Å². The minimum atomic E-state index is 0.427. The highest BCUT2D eigenvalue weighted by Crippen LogP contribution is 2.27. The summed E-state index contributed by atoms with van der Waals surface area (Å²) in [6.07, 6.45) is 0.718. The second-order valence-electron chi connectivity index (χ2n) is 4.52. The van der Waals surface area contributed by atoms with Gasteiger partial charge in [-0.3, -0.25) is 0 Å². The first-order valence-electron chi connectivity index (χ1n) is 6.40. The van der Waals surface area contributed by atoms with Crippen molar-refractivity contribution in [2.45, 2.75) is 13.3 Å². The number of hydrogen-bond acceptors (Lipinski definition) is 2. The molecule has 0 spiro atoms. The molecule has 1 aromatic heterocycles. The number of rotatable bonds is 2. The van der Waals surface area contributed by atoms with Crippen molar-refractivity contribution in [1.82, 2.24) is 9.97 Å². The third-order valence-electron chi connectivity index (χ3n) is 3.27. The molecule has 0 aliphatic carbocycles. The van der Waals surface area contributed by atoms with Crippen LogP contribution in [0.15, 0.2) is 42.5 Å². The summed E-state index contributed by atoms with van der Waals surface area (Å²) in [4.78, 5) is 8.70. The van der Waals surface area contributed by atoms with E-state index in [9.17, 15) is 0 Å². The van der Waals surface area contributed by atoms with E-state index >= 15 is 0 Å². The van der Waals surface area contributed by atoms with E-state index < -0.39 is 0 Å². The molecule has 0 unspecified atom stereocenters. The molecular weight excluding hydrogens is 291 g/mol. The maximum atomic E-state index is 6.17. The molecule has 0 radical (unpaired) electrons. The van der Waals surface area contributed by atoms with Gasteiger partial charge in [0.1, 0.15) is 10.3 Å². The monoisotopic (exact) mass is 302 g/mol. The predicted octanol–water partition coefficient (Wildman–Crippen LogP) is 5.17. The normalized spacial score (nSPS) is 10.9. The van der Waals surface area contributed by atoms with E-state index in [0.717, 1.165) is 22.9 Å². The van der Waals surface area contributed by atoms with Gasteiger partial charge in [-0.05, 0) is 23.3 Å². The van der Waals surface area contributed by atoms with Crippen LogP contribution in [0, 0.1) is 0 Å². The zero-order valence-electron chi connectivity index (χ0n) is 10.9. The Bertz CT molecular complexity index is 761. The van der Waals surface area contributed by atoms with Gasteiger partial charge in [0.2, 0.25) is 0 Å². The molecule has 20 heavy (non-hydrogen) atoms. The lowest BCUT2D eigenvalue weighted by molar-refractivity contribution is 1.05. The molecule has 1 heterocycles. The summed E-state index contributed by atoms with van der Waals surface area (Å²) in [7, 11) is 0. The first-order chi connectivity index (χ1) is 9.69. The SMILES string of the molecule is CCc1c(Cl)nc(-c2ccc3ccccc3c2)nc1Cl. The molecule has 2 aromatic carbocycles. The van der Waals surface area contributed by atoms with Crippen molar-refractivity contribution in [2.75, 3.05) is 0 Å². The molecule has 0 saturated heterocycles. The minimum absolute atomic E-state index is 0.427. The van der Waals surface area contributed by atoms with Gasteiger partial charge in [-0.2, -0.15) is 0 Å². The van der Waals surface area contributed by atoms with Crippen LogP contribution in [0.2, 0.25) is 10.3 Å². The Morgan fingerprint density at radius 2 is 1.55 bits per heavy atom. The van der Waals surface area contributed by atoms with Gasteiger partial charge in [0.05, 0.1) is 0 Å². The molecule has 0 saturated carbocycles. The summed E-state index contributed by atoms with van der Waals surface area (Å²) < 4.78 is 0. The minimum Gasteiger partial charge on any atom is -0.216 e. The summed E-state index contributed by atoms with van der Waals surface area (Å²) in [5.41, 5.74) is 1.70. The Hall–Kier alpha value is -1.64. The van der Waals surface area contributed by atoms with Crippen LogP contribution in [-0.4, -0.2) is 9.97 Å². The van der Waals surface area contributed by atoms with Crippen LogP contribution in [0.25, 0.3) is 22.2 Å². The van der Waals surface area contributed by atoms with Crippen LogP contribution in [-0.2, 0) is 6.42 Å². The summed E-state index contributed by atoms with van der Waals surface area (Å²) >= 11 is 12.3. The molecule has 0 amide bonds. The molecular formula is C16H12Cl2N2. The Morgan fingerprint density at radius 1 is 0.900 bits per heavy atom. The zero-order chi connectivity index (χ0) is 14.1. The highest BCUT2D eigenvalue weighted by Gasteiger charge is 2.11. The molecule has 0 aliphatic rings. The summed E-state index contributed by atoms with van der Waals surface area (Å²) in [5.74, 6) is 0.558. The van der Waals surface area contributed by atoms with Crippen LogP contribution >= 0.6 is 23.2 Å². The maximum absolute atomic E-state index is 6.17. The van der Waals surface area contributed by atoms with Crippen molar-refractivity contribution in [2.24, 2.45) is 0 Å². The fourth-order valence-electron chi connectivity index (χ4n) is 2.18. The van der Waals surface area contributed by atoms with Gasteiger partial charge in [-0.1, -0.05) is 66.5 Å². The van der Waals surface area contributed by atoms with Crippen molar-refractivity contribution >= 4 is 34.0 Å². The first-order valence-corrected chi connectivity index (χ1v) is 7.15. The van der Waals surface area contributed by atoms with Crippen molar-refractivity contribution in [3.8, 4) is 11.4 Å². The number of halogens is 2. The lowest BCUT2D eigenvalue weighted by Gasteiger charge is -2.07. The lowest BCUT2D eigenvalue weighted by atomic mass is 10.1. The predicted molar refractivity (Wildman–Crippen MR) is 84.4 cm³/mol. The van der Waals surface area contributed by atoms with Gasteiger partial charge in [0.15, 0.2) is 5.82 Å². The van der Waals surface area contributed by atoms with Gasteiger partial charge < -0.3 is 0 Å². The number of hydrogen-bond donors (Lipinski definition) is 0. The summed E-state index contributed by atoms with van der Waals surface area (Å²) in [6, 6.07) is 14.2. The number of fused-ring (bicyclic) bond motifs is 1. The fraction of sp³-hybridized carbons (Fsp3) is 0.125. The van der Waals surface area contributed by atoms with E-state index in [4.69, 9.17) is 23.2 Å². The quantitative estimate of drug-likeness (QED) is 0.611. The third kappa shape index (κ3) is 2.37. The number of aromatic nitrogens is 2. The molecule has 0 N–H and O–H groups in total. The second-order valence-corrected chi connectivity index (χ2v) is 5.24. The smallest absolute Gasteiger partial charge is 0.162 e. The second kappa shape index (κ2) is 5.39. The van der Waals surface area contributed by atoms with Gasteiger partial charge in [0, 0.05) is 11.1 Å². The lowest BCUT2D eigenvalue weighted by Crippen LogP contribution is -1.96. The molecule has 0 atom stereocenters. The number of benzene rings is 2. The fourth-order valence-corrected chi connectivity index (χ4v) is 2.84. The Morgan fingerprint density at radius 3 is 2.20 bits per heavy atom. The van der Waals surface area contributed by atoms with Gasteiger partial charge in [-0.25, -0.2) is 9.97 Å². The molecule has 0 aliphatic heterocycles. The van der Waals surface area contributed by atoms with Gasteiger partial charge in [0.25, 0.3) is 0 Å². The number of nitrogens with zero attached hydrogens (tertiary/aromatic N) is 2. The van der Waals surface area contributed by atoms with E-state index in [2.05, 4.69) is 22.1 Å². The van der Waals surface area contributed by atoms with E-state index in [0.29, 0.717) is 16.1 Å². The highest BCUT2D eigenvalue weighted by molar-refractivity contribution is 6.34. The Balaban J connectivity index is 2.15. The summed E-state index contributed by atoms with van der Waals surface area (Å²) in [5, 5.41) is 3.17. The highest BCUT2D eigenvalue weighted by atomic mass is 35.5. The van der Waals surface area contributed by atoms with Crippen molar-refractivity contribution in [3.63, 3.8) is 0 Å². The molecule has 0 bridgehead atoms. The summed E-state index contributed by atoms with van der Waals surface area (Å²) in [6.45, 7) is 1.98. The van der Waals surface area contributed by atoms with E-state index in [1.807, 2.05) is 37.3 Å². The third-order valence-corrected chi connectivity index (χ3v) is 3.89. The molecule has 0 fully saturated rings. The Kier molecular flexibility index (Phi) is 3.60. The van der Waals surface area contributed by atoms with Crippen molar-refractivity contribution in [3.05, 3.63) is 58.3 Å². The molecule has 3 rings (SSSR count). The van der Waals surface area contributed by atoms with Crippen LogP contribution in [0.1, 0.15) is 12.5 Å². The molecule has 4 heteroatoms. The van der Waals surface area contributed by atoms with E-state index in [1.165, 1.54) is 5.39 Å². The topological polar surface area (TPSA) is 25.8 Å². The van der Waals surface area contributed by atoms with Gasteiger partial charge >= 0.3 is 0 Å². The molecule has 3 aromatic rings. The largest absolute Gasteiger partial charge is 0.216 e. The van der Waals surface area contributed by atoms with E-state index in [-0.39, 0.29) is 0 Å². The van der Waals surface area contributed by atoms with Crippen LogP contribution in [0.4, 0.5) is 0 Å². The standard InChI is InChI=1S/C16H12Cl2N2/c1-2-13-14(17)19-16(20-15(13)18)12-8-7-10-5-3-4-6-11(10)9-12/h3-9H,2H2,1H3. The molecule has 100 valence electrons. The van der Waals surface area contributed by atoms with Gasteiger partial charge in [-0.15, -0.1) is 0 Å². The van der Waals surface area contributed by atoms with Crippen LogP contribution in [0.3, 0.4) is 0 Å². The van der Waals surface area contributed by atoms with Crippen LogP contribution in [0.5, 0.6) is 0 Å². The van der Waals surface area contributed by atoms with Crippen molar-refractivity contribution in [1.29, 1.82) is 0 Å². The average molecular weight is 303 g/mol. The Labute approximate surface area is 127 Å².